The minimum Gasteiger partial charge on any atom is -0.315 e. The molecular formula is C17H23N3O3S. The molecule has 0 aromatic heterocycles. The van der Waals surface area contributed by atoms with Crippen LogP contribution in [0.15, 0.2) is 24.3 Å². The second kappa shape index (κ2) is 7.77. The highest BCUT2D eigenvalue weighted by Crippen LogP contribution is 2.24. The van der Waals surface area contributed by atoms with Crippen LogP contribution in [0, 0.1) is 17.2 Å². The van der Waals surface area contributed by atoms with Crippen molar-refractivity contribution in [1.29, 1.82) is 5.26 Å². The summed E-state index contributed by atoms with van der Waals surface area (Å²) in [6.07, 6.45) is 3.63. The number of carbonyl (C=O) groups is 1. The lowest BCUT2D eigenvalue weighted by molar-refractivity contribution is -0.115. The molecule has 1 amide bonds. The first-order valence-electron chi connectivity index (χ1n) is 8.07. The second-order valence-corrected chi connectivity index (χ2v) is 8.20. The van der Waals surface area contributed by atoms with Crippen LogP contribution >= 0.6 is 0 Å². The fraction of sp³-hybridized carbons (Fsp3) is 0.529. The largest absolute Gasteiger partial charge is 0.315 e. The van der Waals surface area contributed by atoms with Gasteiger partial charge in [-0.1, -0.05) is 13.0 Å². The van der Waals surface area contributed by atoms with Crippen molar-refractivity contribution < 1.29 is 13.2 Å². The molecule has 1 fully saturated rings. The molecular weight excluding hydrogens is 326 g/mol. The Labute approximate surface area is 143 Å². The maximum absolute atomic E-state index is 12.3. The third-order valence-electron chi connectivity index (χ3n) is 4.41. The molecule has 0 heterocycles. The Morgan fingerprint density at radius 1 is 1.33 bits per heavy atom. The molecule has 0 spiro atoms. The van der Waals surface area contributed by atoms with E-state index in [1.165, 1.54) is 11.9 Å². The smallest absolute Gasteiger partial charge is 0.243 e. The molecule has 1 aromatic rings. The number of rotatable bonds is 5. The molecule has 1 aliphatic rings. The first kappa shape index (κ1) is 18.4. The molecule has 1 saturated carbocycles. The number of carbonyl (C=O) groups excluding carboxylic acids is 1. The molecule has 0 aliphatic heterocycles. The fourth-order valence-corrected chi connectivity index (χ4v) is 4.21. The molecule has 2 rings (SSSR count). The summed E-state index contributed by atoms with van der Waals surface area (Å²) in [4.78, 5) is 13.5. The second-order valence-electron chi connectivity index (χ2n) is 6.45. The zero-order valence-corrected chi connectivity index (χ0v) is 14.8. The third kappa shape index (κ3) is 5.05. The van der Waals surface area contributed by atoms with Crippen LogP contribution in [0.1, 0.15) is 38.2 Å². The number of nitrogens with one attached hydrogen (secondary N) is 1. The van der Waals surface area contributed by atoms with Gasteiger partial charge < -0.3 is 4.90 Å². The monoisotopic (exact) mass is 349 g/mol. The highest BCUT2D eigenvalue weighted by atomic mass is 32.2. The summed E-state index contributed by atoms with van der Waals surface area (Å²) in [6.45, 7) is 2.17. The molecule has 7 heteroatoms. The van der Waals surface area contributed by atoms with Crippen LogP contribution in [0.25, 0.3) is 0 Å². The van der Waals surface area contributed by atoms with E-state index in [1.54, 1.807) is 24.3 Å². The number of amides is 1. The van der Waals surface area contributed by atoms with Gasteiger partial charge in [0.1, 0.15) is 5.75 Å². The summed E-state index contributed by atoms with van der Waals surface area (Å²) < 4.78 is 27.1. The lowest BCUT2D eigenvalue weighted by Gasteiger charge is -2.27. The average molecular weight is 349 g/mol. The molecule has 0 atom stereocenters. The number of benzene rings is 1. The molecule has 0 bridgehead atoms. The summed E-state index contributed by atoms with van der Waals surface area (Å²) in [5, 5.41) is 8.91. The van der Waals surface area contributed by atoms with Crippen LogP contribution in [-0.4, -0.2) is 33.2 Å². The van der Waals surface area contributed by atoms with Gasteiger partial charge in [0.25, 0.3) is 0 Å². The minimum atomic E-state index is -3.67. The van der Waals surface area contributed by atoms with Gasteiger partial charge >= 0.3 is 0 Å². The average Bonchev–Trinajstić information content (AvgIpc) is 2.55. The molecule has 24 heavy (non-hydrogen) atoms. The van der Waals surface area contributed by atoms with Gasteiger partial charge in [-0.05, 0) is 49.8 Å². The van der Waals surface area contributed by atoms with E-state index in [2.05, 4.69) is 11.6 Å². The maximum Gasteiger partial charge on any atom is 0.243 e. The Kier molecular flexibility index (Phi) is 5.97. The summed E-state index contributed by atoms with van der Waals surface area (Å²) >= 11 is 0. The number of hydrogen-bond acceptors (Lipinski definition) is 4. The first-order chi connectivity index (χ1) is 11.3. The summed E-state index contributed by atoms with van der Waals surface area (Å²) in [7, 11) is -2.16. The van der Waals surface area contributed by atoms with Crippen molar-refractivity contribution in [3.05, 3.63) is 29.8 Å². The van der Waals surface area contributed by atoms with Crippen LogP contribution in [0.5, 0.6) is 0 Å². The Balaban J connectivity index is 1.98. The molecule has 1 N–H and O–H groups in total. The number of sulfonamides is 1. The van der Waals surface area contributed by atoms with Crippen molar-refractivity contribution in [2.24, 2.45) is 5.92 Å². The predicted octanol–water partition coefficient (Wildman–Crippen LogP) is 2.02. The maximum atomic E-state index is 12.3. The Bertz CT molecular complexity index is 732. The predicted molar refractivity (Wildman–Crippen MR) is 92.9 cm³/mol. The topological polar surface area (TPSA) is 90.3 Å². The molecule has 130 valence electrons. The van der Waals surface area contributed by atoms with Gasteiger partial charge in [-0.2, -0.15) is 5.26 Å². The molecule has 0 saturated heterocycles. The van der Waals surface area contributed by atoms with E-state index in [0.29, 0.717) is 17.2 Å². The van der Waals surface area contributed by atoms with E-state index in [1.807, 2.05) is 6.07 Å². The quantitative estimate of drug-likeness (QED) is 0.880. The van der Waals surface area contributed by atoms with Crippen molar-refractivity contribution in [1.82, 2.24) is 4.72 Å². The molecule has 0 unspecified atom stereocenters. The standard InChI is InChI=1S/C17H23N3O3S/c1-13-6-8-15(9-7-13)19-24(22,23)12-17(21)20(2)16-5-3-4-14(10-16)11-18/h3-5,10,13,15,19H,6-9,12H2,1-2H3. The van der Waals surface area contributed by atoms with Crippen LogP contribution in [0.4, 0.5) is 5.69 Å². The highest BCUT2D eigenvalue weighted by molar-refractivity contribution is 7.90. The van der Waals surface area contributed by atoms with E-state index < -0.39 is 21.7 Å². The third-order valence-corrected chi connectivity index (χ3v) is 5.73. The summed E-state index contributed by atoms with van der Waals surface area (Å²) in [6, 6.07) is 8.43. The van der Waals surface area contributed by atoms with Crippen LogP contribution < -0.4 is 9.62 Å². The van der Waals surface area contributed by atoms with Gasteiger partial charge in [0, 0.05) is 18.8 Å². The summed E-state index contributed by atoms with van der Waals surface area (Å²) in [5.41, 5.74) is 0.921. The van der Waals surface area contributed by atoms with Crippen molar-refractivity contribution in [3.8, 4) is 6.07 Å². The Morgan fingerprint density at radius 2 is 2.00 bits per heavy atom. The van der Waals surface area contributed by atoms with Gasteiger partial charge in [-0.3, -0.25) is 4.79 Å². The molecule has 1 aliphatic carbocycles. The van der Waals surface area contributed by atoms with Crippen LogP contribution in [0.2, 0.25) is 0 Å². The Morgan fingerprint density at radius 3 is 2.62 bits per heavy atom. The van der Waals surface area contributed by atoms with Crippen LogP contribution in [-0.2, 0) is 14.8 Å². The van der Waals surface area contributed by atoms with E-state index in [-0.39, 0.29) is 6.04 Å². The molecule has 1 aromatic carbocycles. The fourth-order valence-electron chi connectivity index (χ4n) is 2.86. The number of anilines is 1. The van der Waals surface area contributed by atoms with Crippen LogP contribution in [0.3, 0.4) is 0 Å². The number of nitrogens with zero attached hydrogens (tertiary/aromatic N) is 2. The van der Waals surface area contributed by atoms with E-state index in [9.17, 15) is 13.2 Å². The van der Waals surface area contributed by atoms with E-state index in [4.69, 9.17) is 5.26 Å². The van der Waals surface area contributed by atoms with Gasteiger partial charge in [0.05, 0.1) is 11.6 Å². The lowest BCUT2D eigenvalue weighted by Crippen LogP contribution is -2.43. The lowest BCUT2D eigenvalue weighted by atomic mass is 9.88. The zero-order chi connectivity index (χ0) is 17.7. The van der Waals surface area contributed by atoms with Crippen molar-refractivity contribution >= 4 is 21.6 Å². The SMILES string of the molecule is CC1CCC(NS(=O)(=O)CC(=O)N(C)c2cccc(C#N)c2)CC1. The van der Waals surface area contributed by atoms with Crippen molar-refractivity contribution in [3.63, 3.8) is 0 Å². The van der Waals surface area contributed by atoms with Gasteiger partial charge in [0.15, 0.2) is 0 Å². The van der Waals surface area contributed by atoms with E-state index in [0.717, 1.165) is 25.7 Å². The van der Waals surface area contributed by atoms with Gasteiger partial charge in [-0.25, -0.2) is 13.1 Å². The highest BCUT2D eigenvalue weighted by Gasteiger charge is 2.26. The number of hydrogen-bond donors (Lipinski definition) is 1. The van der Waals surface area contributed by atoms with E-state index >= 15 is 0 Å². The zero-order valence-electron chi connectivity index (χ0n) is 14.0. The number of nitriles is 1. The first-order valence-corrected chi connectivity index (χ1v) is 9.72. The molecule has 6 nitrogen and oxygen atoms in total. The molecule has 0 radical (unpaired) electrons. The Hall–Kier alpha value is -1.91. The minimum absolute atomic E-state index is 0.0776. The van der Waals surface area contributed by atoms with Gasteiger partial charge in [-0.15, -0.1) is 0 Å². The summed E-state index contributed by atoms with van der Waals surface area (Å²) in [5.74, 6) is -0.487. The normalized spacial score (nSPS) is 21.0. The van der Waals surface area contributed by atoms with Gasteiger partial charge in [0.2, 0.25) is 15.9 Å². The van der Waals surface area contributed by atoms with Crippen molar-refractivity contribution in [2.45, 2.75) is 38.6 Å². The van der Waals surface area contributed by atoms with Crippen molar-refractivity contribution in [2.75, 3.05) is 17.7 Å².